The van der Waals surface area contributed by atoms with E-state index in [0.717, 1.165) is 33.8 Å². The highest BCUT2D eigenvalue weighted by atomic mass is 19.1. The molecule has 0 spiro atoms. The van der Waals surface area contributed by atoms with Crippen LogP contribution in [-0.4, -0.2) is 12.0 Å². The zero-order chi connectivity index (χ0) is 19.7. The first-order chi connectivity index (χ1) is 13.5. The number of rotatable bonds is 6. The molecule has 0 bridgehead atoms. The summed E-state index contributed by atoms with van der Waals surface area (Å²) in [6.45, 7) is 2.48. The van der Waals surface area contributed by atoms with Gasteiger partial charge in [-0.3, -0.25) is 4.98 Å². The summed E-state index contributed by atoms with van der Waals surface area (Å²) < 4.78 is 19.3. The van der Waals surface area contributed by atoms with Gasteiger partial charge >= 0.3 is 0 Å². The first kappa shape index (κ1) is 18.4. The van der Waals surface area contributed by atoms with Crippen LogP contribution in [0.1, 0.15) is 35.4 Å². The Bertz CT molecular complexity index is 961. The smallest absolute Gasteiger partial charge is 0.141 e. The molecule has 2 N–H and O–H groups in total. The van der Waals surface area contributed by atoms with Crippen LogP contribution in [0.15, 0.2) is 54.7 Å². The van der Waals surface area contributed by atoms with Gasteiger partial charge in [0.2, 0.25) is 0 Å². The van der Waals surface area contributed by atoms with Crippen molar-refractivity contribution in [3.05, 3.63) is 77.2 Å². The SMILES string of the molecule is Cc1cc(-c2ccc(F)cn2)ccc1OCc1c(C2CC2)cccc1N(C)N. The molecule has 1 saturated carbocycles. The van der Waals surface area contributed by atoms with E-state index in [1.165, 1.54) is 30.7 Å². The highest BCUT2D eigenvalue weighted by Gasteiger charge is 2.27. The molecule has 4 rings (SSSR count). The highest BCUT2D eigenvalue weighted by Crippen LogP contribution is 2.43. The van der Waals surface area contributed by atoms with E-state index in [1.54, 1.807) is 11.1 Å². The molecule has 1 heterocycles. The first-order valence-corrected chi connectivity index (χ1v) is 9.48. The number of anilines is 1. The molecule has 0 aliphatic heterocycles. The van der Waals surface area contributed by atoms with Crippen LogP contribution in [0.2, 0.25) is 0 Å². The lowest BCUT2D eigenvalue weighted by Crippen LogP contribution is -2.27. The number of pyridine rings is 1. The summed E-state index contributed by atoms with van der Waals surface area (Å²) in [4.78, 5) is 4.15. The fraction of sp³-hybridized carbons (Fsp3) is 0.261. The maximum Gasteiger partial charge on any atom is 0.141 e. The van der Waals surface area contributed by atoms with Gasteiger partial charge in [-0.1, -0.05) is 12.1 Å². The third kappa shape index (κ3) is 3.85. The van der Waals surface area contributed by atoms with Gasteiger partial charge in [0.1, 0.15) is 18.2 Å². The van der Waals surface area contributed by atoms with E-state index < -0.39 is 0 Å². The summed E-state index contributed by atoms with van der Waals surface area (Å²) in [5.41, 5.74) is 6.16. The van der Waals surface area contributed by atoms with E-state index in [0.29, 0.717) is 12.5 Å². The molecule has 144 valence electrons. The van der Waals surface area contributed by atoms with Gasteiger partial charge in [-0.15, -0.1) is 0 Å². The minimum absolute atomic E-state index is 0.338. The van der Waals surface area contributed by atoms with Gasteiger partial charge in [0, 0.05) is 18.2 Å². The van der Waals surface area contributed by atoms with Crippen LogP contribution < -0.4 is 15.6 Å². The number of halogens is 1. The molecule has 1 aliphatic rings. The summed E-state index contributed by atoms with van der Waals surface area (Å²) in [5.74, 6) is 7.14. The van der Waals surface area contributed by atoms with Crippen molar-refractivity contribution in [3.8, 4) is 17.0 Å². The predicted octanol–water partition coefficient (Wildman–Crippen LogP) is 4.96. The Morgan fingerprint density at radius 1 is 1.18 bits per heavy atom. The minimum atomic E-state index is -0.338. The molecule has 0 unspecified atom stereocenters. The maximum atomic E-state index is 13.1. The number of hydrogen-bond acceptors (Lipinski definition) is 4. The van der Waals surface area contributed by atoms with Gasteiger partial charge in [0.25, 0.3) is 0 Å². The van der Waals surface area contributed by atoms with Gasteiger partial charge < -0.3 is 9.75 Å². The molecule has 1 aliphatic carbocycles. The number of aromatic nitrogens is 1. The maximum absolute atomic E-state index is 13.1. The van der Waals surface area contributed by atoms with E-state index in [4.69, 9.17) is 10.6 Å². The topological polar surface area (TPSA) is 51.4 Å². The molecule has 2 aromatic carbocycles. The number of benzene rings is 2. The van der Waals surface area contributed by atoms with Crippen molar-refractivity contribution >= 4 is 5.69 Å². The van der Waals surface area contributed by atoms with Crippen molar-refractivity contribution in [3.63, 3.8) is 0 Å². The van der Waals surface area contributed by atoms with Crippen LogP contribution >= 0.6 is 0 Å². The summed E-state index contributed by atoms with van der Waals surface area (Å²) in [5, 5.41) is 1.65. The molecule has 5 heteroatoms. The van der Waals surface area contributed by atoms with E-state index in [2.05, 4.69) is 17.1 Å². The summed E-state index contributed by atoms with van der Waals surface area (Å²) >= 11 is 0. The predicted molar refractivity (Wildman–Crippen MR) is 110 cm³/mol. The van der Waals surface area contributed by atoms with Crippen LogP contribution in [0.5, 0.6) is 5.75 Å². The molecule has 1 aromatic heterocycles. The Kier molecular flexibility index (Phi) is 5.01. The lowest BCUT2D eigenvalue weighted by Gasteiger charge is -2.21. The fourth-order valence-corrected chi connectivity index (χ4v) is 3.52. The summed E-state index contributed by atoms with van der Waals surface area (Å²) in [7, 11) is 1.85. The number of nitrogens with two attached hydrogens (primary N) is 1. The number of hydrazine groups is 1. The van der Waals surface area contributed by atoms with E-state index >= 15 is 0 Å². The molecule has 0 saturated heterocycles. The Morgan fingerprint density at radius 3 is 2.64 bits per heavy atom. The van der Waals surface area contributed by atoms with Crippen molar-refractivity contribution in [2.24, 2.45) is 5.84 Å². The third-order valence-corrected chi connectivity index (χ3v) is 5.15. The lowest BCUT2D eigenvalue weighted by molar-refractivity contribution is 0.303. The van der Waals surface area contributed by atoms with Crippen molar-refractivity contribution < 1.29 is 9.13 Å². The molecular weight excluding hydrogens is 353 g/mol. The minimum Gasteiger partial charge on any atom is -0.489 e. The second-order valence-electron chi connectivity index (χ2n) is 7.36. The largest absolute Gasteiger partial charge is 0.489 e. The van der Waals surface area contributed by atoms with Gasteiger partial charge in [-0.05, 0) is 73.2 Å². The fourth-order valence-electron chi connectivity index (χ4n) is 3.52. The van der Waals surface area contributed by atoms with Crippen molar-refractivity contribution in [2.75, 3.05) is 12.1 Å². The van der Waals surface area contributed by atoms with E-state index in [-0.39, 0.29) is 5.82 Å². The molecular formula is C23H24FN3O. The van der Waals surface area contributed by atoms with Crippen LogP contribution in [0, 0.1) is 12.7 Å². The Labute approximate surface area is 164 Å². The van der Waals surface area contributed by atoms with Gasteiger partial charge in [-0.25, -0.2) is 10.2 Å². The molecule has 1 fully saturated rings. The Morgan fingerprint density at radius 2 is 2.00 bits per heavy atom. The standard InChI is InChI=1S/C23H24FN3O/c1-15-12-17(21-10-9-18(24)13-26-21)8-11-23(15)28-14-20-19(16-6-7-16)4-3-5-22(20)27(2)25/h3-5,8-13,16H,6-7,14,25H2,1-2H3. The van der Waals surface area contributed by atoms with Crippen LogP contribution in [-0.2, 0) is 6.61 Å². The number of nitrogens with zero attached hydrogens (tertiary/aromatic N) is 2. The molecule has 0 amide bonds. The molecule has 0 radical (unpaired) electrons. The second-order valence-corrected chi connectivity index (χ2v) is 7.36. The van der Waals surface area contributed by atoms with Crippen LogP contribution in [0.3, 0.4) is 0 Å². The zero-order valence-electron chi connectivity index (χ0n) is 16.2. The highest BCUT2D eigenvalue weighted by molar-refractivity contribution is 5.62. The lowest BCUT2D eigenvalue weighted by atomic mass is 10.0. The average Bonchev–Trinajstić information content (AvgIpc) is 3.52. The average molecular weight is 377 g/mol. The Hall–Kier alpha value is -2.92. The third-order valence-electron chi connectivity index (χ3n) is 5.15. The first-order valence-electron chi connectivity index (χ1n) is 9.48. The van der Waals surface area contributed by atoms with Gasteiger partial charge in [-0.2, -0.15) is 0 Å². The molecule has 4 nitrogen and oxygen atoms in total. The number of ether oxygens (including phenoxy) is 1. The molecule has 0 atom stereocenters. The van der Waals surface area contributed by atoms with E-state index in [1.807, 2.05) is 38.2 Å². The quantitative estimate of drug-likeness (QED) is 0.487. The van der Waals surface area contributed by atoms with E-state index in [9.17, 15) is 4.39 Å². The van der Waals surface area contributed by atoms with Crippen molar-refractivity contribution in [1.29, 1.82) is 0 Å². The normalized spacial score (nSPS) is 13.4. The Balaban J connectivity index is 1.57. The zero-order valence-corrected chi connectivity index (χ0v) is 16.2. The molecule has 28 heavy (non-hydrogen) atoms. The summed E-state index contributed by atoms with van der Waals surface area (Å²) in [6.07, 6.45) is 3.68. The van der Waals surface area contributed by atoms with Crippen molar-refractivity contribution in [1.82, 2.24) is 4.98 Å². The van der Waals surface area contributed by atoms with Crippen molar-refractivity contribution in [2.45, 2.75) is 32.3 Å². The van der Waals surface area contributed by atoms with Crippen LogP contribution in [0.25, 0.3) is 11.3 Å². The summed E-state index contributed by atoms with van der Waals surface area (Å²) in [6, 6.07) is 15.3. The number of hydrogen-bond donors (Lipinski definition) is 1. The second kappa shape index (κ2) is 7.60. The van der Waals surface area contributed by atoms with Gasteiger partial charge in [0.05, 0.1) is 17.6 Å². The molecule has 3 aromatic rings. The monoisotopic (exact) mass is 377 g/mol. The number of aryl methyl sites for hydroxylation is 1. The van der Waals surface area contributed by atoms with Crippen LogP contribution in [0.4, 0.5) is 10.1 Å². The van der Waals surface area contributed by atoms with Gasteiger partial charge in [0.15, 0.2) is 0 Å².